The molecule has 0 aliphatic carbocycles. The van der Waals surface area contributed by atoms with E-state index in [2.05, 4.69) is 45.5 Å². The van der Waals surface area contributed by atoms with Crippen molar-refractivity contribution >= 4 is 17.5 Å². The quantitative estimate of drug-likeness (QED) is 0.691. The Morgan fingerprint density at radius 2 is 2.00 bits per heavy atom. The fourth-order valence-electron chi connectivity index (χ4n) is 2.39. The third kappa shape index (κ3) is 4.14. The van der Waals surface area contributed by atoms with Crippen LogP contribution >= 0.6 is 0 Å². The van der Waals surface area contributed by atoms with Crippen molar-refractivity contribution in [2.45, 2.75) is 26.3 Å². The number of nitrogens with one attached hydrogen (secondary N) is 2. The minimum Gasteiger partial charge on any atom is -0.352 e. The maximum absolute atomic E-state index is 9.29. The summed E-state index contributed by atoms with van der Waals surface area (Å²) in [5.41, 5.74) is 2.93. The van der Waals surface area contributed by atoms with Gasteiger partial charge in [-0.05, 0) is 37.6 Å². The molecule has 1 atom stereocenters. The molecule has 0 aliphatic rings. The normalized spacial score (nSPS) is 11.4. The fourth-order valence-corrected chi connectivity index (χ4v) is 2.39. The van der Waals surface area contributed by atoms with Crippen LogP contribution in [0, 0.1) is 11.3 Å². The molecule has 0 saturated carbocycles. The minimum atomic E-state index is 0.249. The number of anilines is 3. The second-order valence-corrected chi connectivity index (χ2v) is 5.94. The number of hydrogen-bond acceptors (Lipinski definition) is 6. The molecule has 0 spiro atoms. The maximum Gasteiger partial charge on any atom is 0.225 e. The molecular formula is C20H20N6. The summed E-state index contributed by atoms with van der Waals surface area (Å²) in [5.74, 6) is 1.16. The van der Waals surface area contributed by atoms with E-state index in [1.807, 2.05) is 36.4 Å². The van der Waals surface area contributed by atoms with Crippen LogP contribution in [0.4, 0.5) is 17.5 Å². The van der Waals surface area contributed by atoms with Gasteiger partial charge in [-0.2, -0.15) is 10.2 Å². The highest BCUT2D eigenvalue weighted by molar-refractivity contribution is 5.69. The number of pyridine rings is 1. The van der Waals surface area contributed by atoms with Crippen molar-refractivity contribution in [2.75, 3.05) is 10.6 Å². The lowest BCUT2D eigenvalue weighted by atomic mass is 10.2. The van der Waals surface area contributed by atoms with Crippen molar-refractivity contribution in [3.63, 3.8) is 0 Å². The zero-order valence-electron chi connectivity index (χ0n) is 14.8. The molecule has 26 heavy (non-hydrogen) atoms. The van der Waals surface area contributed by atoms with Crippen LogP contribution in [0.2, 0.25) is 0 Å². The third-order valence-corrected chi connectivity index (χ3v) is 3.98. The molecule has 0 radical (unpaired) electrons. The van der Waals surface area contributed by atoms with E-state index in [1.165, 1.54) is 0 Å². The van der Waals surface area contributed by atoms with Crippen LogP contribution in [-0.4, -0.2) is 21.0 Å². The summed E-state index contributed by atoms with van der Waals surface area (Å²) in [4.78, 5) is 13.3. The van der Waals surface area contributed by atoms with E-state index in [1.54, 1.807) is 18.5 Å². The lowest BCUT2D eigenvalue weighted by Gasteiger charge is -2.15. The standard InChI is InChI=1S/C20H20N6/c1-3-14(2)23-20-25-18(16-8-6-10-22-13-16)11-19(26-20)24-17-9-5-4-7-15(17)12-21/h4-11,13-14H,3H2,1-2H3,(H2,23,24,25,26)/t14-/m0/s1. The van der Waals surface area contributed by atoms with Gasteiger partial charge in [0, 0.05) is 30.1 Å². The van der Waals surface area contributed by atoms with E-state index in [9.17, 15) is 5.26 Å². The van der Waals surface area contributed by atoms with Crippen LogP contribution in [0.5, 0.6) is 0 Å². The largest absolute Gasteiger partial charge is 0.352 e. The van der Waals surface area contributed by atoms with E-state index in [0.29, 0.717) is 23.0 Å². The van der Waals surface area contributed by atoms with Gasteiger partial charge < -0.3 is 10.6 Å². The van der Waals surface area contributed by atoms with Crippen molar-refractivity contribution in [3.05, 3.63) is 60.4 Å². The van der Waals surface area contributed by atoms with E-state index in [4.69, 9.17) is 0 Å². The Balaban J connectivity index is 2.01. The SMILES string of the molecule is CC[C@H](C)Nc1nc(Nc2ccccc2C#N)cc(-c2cccnc2)n1. The smallest absolute Gasteiger partial charge is 0.225 e. The topological polar surface area (TPSA) is 86.5 Å². The Morgan fingerprint density at radius 1 is 1.15 bits per heavy atom. The highest BCUT2D eigenvalue weighted by Gasteiger charge is 2.10. The van der Waals surface area contributed by atoms with Crippen molar-refractivity contribution < 1.29 is 0 Å². The van der Waals surface area contributed by atoms with Gasteiger partial charge in [0.05, 0.1) is 16.9 Å². The first-order valence-electron chi connectivity index (χ1n) is 8.51. The Labute approximate surface area is 153 Å². The molecule has 0 unspecified atom stereocenters. The van der Waals surface area contributed by atoms with Crippen LogP contribution in [0.25, 0.3) is 11.3 Å². The predicted molar refractivity (Wildman–Crippen MR) is 103 cm³/mol. The van der Waals surface area contributed by atoms with E-state index in [-0.39, 0.29) is 6.04 Å². The number of para-hydroxylation sites is 1. The highest BCUT2D eigenvalue weighted by atomic mass is 15.2. The second-order valence-electron chi connectivity index (χ2n) is 5.94. The molecule has 130 valence electrons. The van der Waals surface area contributed by atoms with Gasteiger partial charge >= 0.3 is 0 Å². The Morgan fingerprint density at radius 3 is 2.73 bits per heavy atom. The first-order chi connectivity index (χ1) is 12.7. The fraction of sp³-hybridized carbons (Fsp3) is 0.200. The first kappa shape index (κ1) is 17.4. The van der Waals surface area contributed by atoms with Gasteiger partial charge in [0.2, 0.25) is 5.95 Å². The van der Waals surface area contributed by atoms with Gasteiger partial charge in [0.1, 0.15) is 11.9 Å². The summed E-state index contributed by atoms with van der Waals surface area (Å²) < 4.78 is 0. The zero-order chi connectivity index (χ0) is 18.4. The monoisotopic (exact) mass is 344 g/mol. The number of benzene rings is 1. The number of hydrogen-bond donors (Lipinski definition) is 2. The molecule has 6 nitrogen and oxygen atoms in total. The Hall–Kier alpha value is -3.46. The van der Waals surface area contributed by atoms with Crippen LogP contribution < -0.4 is 10.6 Å². The zero-order valence-corrected chi connectivity index (χ0v) is 14.8. The van der Waals surface area contributed by atoms with Crippen molar-refractivity contribution in [2.24, 2.45) is 0 Å². The molecule has 2 heterocycles. The van der Waals surface area contributed by atoms with Gasteiger partial charge in [-0.3, -0.25) is 4.98 Å². The van der Waals surface area contributed by atoms with Crippen LogP contribution in [0.3, 0.4) is 0 Å². The molecule has 3 aromatic rings. The van der Waals surface area contributed by atoms with Crippen LogP contribution in [-0.2, 0) is 0 Å². The van der Waals surface area contributed by atoms with E-state index in [0.717, 1.165) is 17.7 Å². The number of nitrogens with zero attached hydrogens (tertiary/aromatic N) is 4. The van der Waals surface area contributed by atoms with Crippen molar-refractivity contribution in [3.8, 4) is 17.3 Å². The minimum absolute atomic E-state index is 0.249. The first-order valence-corrected chi connectivity index (χ1v) is 8.51. The maximum atomic E-state index is 9.29. The van der Waals surface area contributed by atoms with E-state index >= 15 is 0 Å². The molecular weight excluding hydrogens is 324 g/mol. The molecule has 1 aromatic carbocycles. The van der Waals surface area contributed by atoms with Gasteiger partial charge in [-0.15, -0.1) is 0 Å². The van der Waals surface area contributed by atoms with Crippen molar-refractivity contribution in [1.29, 1.82) is 5.26 Å². The lowest BCUT2D eigenvalue weighted by Crippen LogP contribution is -2.16. The predicted octanol–water partition coefficient (Wildman–Crippen LogP) is 4.36. The molecule has 0 fully saturated rings. The second kappa shape index (κ2) is 8.08. The van der Waals surface area contributed by atoms with Gasteiger partial charge in [-0.25, -0.2) is 4.98 Å². The number of rotatable bonds is 6. The average molecular weight is 344 g/mol. The summed E-state index contributed by atoms with van der Waals surface area (Å²) in [7, 11) is 0. The third-order valence-electron chi connectivity index (χ3n) is 3.98. The molecule has 0 saturated heterocycles. The molecule has 2 N–H and O–H groups in total. The Bertz CT molecular complexity index is 917. The molecule has 0 bridgehead atoms. The number of aromatic nitrogens is 3. The number of nitriles is 1. The van der Waals surface area contributed by atoms with Crippen molar-refractivity contribution in [1.82, 2.24) is 15.0 Å². The summed E-state index contributed by atoms with van der Waals surface area (Å²) in [6.07, 6.45) is 4.45. The molecule has 3 rings (SSSR count). The van der Waals surface area contributed by atoms with Gasteiger partial charge in [-0.1, -0.05) is 19.1 Å². The molecule has 2 aromatic heterocycles. The summed E-state index contributed by atoms with van der Waals surface area (Å²) >= 11 is 0. The Kier molecular flexibility index (Phi) is 5.40. The average Bonchev–Trinajstić information content (AvgIpc) is 2.69. The highest BCUT2D eigenvalue weighted by Crippen LogP contribution is 2.25. The van der Waals surface area contributed by atoms with Gasteiger partial charge in [0.25, 0.3) is 0 Å². The lowest BCUT2D eigenvalue weighted by molar-refractivity contribution is 0.753. The molecule has 0 aliphatic heterocycles. The summed E-state index contributed by atoms with van der Waals surface area (Å²) in [6, 6.07) is 15.5. The van der Waals surface area contributed by atoms with E-state index < -0.39 is 0 Å². The summed E-state index contributed by atoms with van der Waals surface area (Å²) in [6.45, 7) is 4.18. The molecule has 0 amide bonds. The van der Waals surface area contributed by atoms with Gasteiger partial charge in [0.15, 0.2) is 0 Å². The summed E-state index contributed by atoms with van der Waals surface area (Å²) in [5, 5.41) is 15.8. The van der Waals surface area contributed by atoms with Crippen LogP contribution in [0.1, 0.15) is 25.8 Å². The molecule has 6 heteroatoms. The van der Waals surface area contributed by atoms with Crippen LogP contribution in [0.15, 0.2) is 54.9 Å².